The average molecular weight is 330 g/mol. The van der Waals surface area contributed by atoms with Gasteiger partial charge in [-0.3, -0.25) is 0 Å². The van der Waals surface area contributed by atoms with E-state index in [2.05, 4.69) is 29.3 Å². The summed E-state index contributed by atoms with van der Waals surface area (Å²) in [7, 11) is 0. The second kappa shape index (κ2) is 6.07. The van der Waals surface area contributed by atoms with Crippen LogP contribution in [0.25, 0.3) is 5.65 Å². The van der Waals surface area contributed by atoms with Gasteiger partial charge < -0.3 is 9.64 Å². The van der Waals surface area contributed by atoms with Gasteiger partial charge in [-0.2, -0.15) is 5.10 Å². The summed E-state index contributed by atoms with van der Waals surface area (Å²) in [5, 5.41) is 4.41. The lowest BCUT2D eigenvalue weighted by Gasteiger charge is -2.34. The van der Waals surface area contributed by atoms with Crippen LogP contribution in [0.3, 0.4) is 0 Å². The van der Waals surface area contributed by atoms with Gasteiger partial charge >= 0.3 is 6.09 Å². The Balaban J connectivity index is 1.70. The molecule has 0 radical (unpaired) electrons. The summed E-state index contributed by atoms with van der Waals surface area (Å²) in [5.41, 5.74) is 2.99. The molecule has 3 rings (SSSR count). The van der Waals surface area contributed by atoms with Gasteiger partial charge in [0.15, 0.2) is 5.65 Å². The summed E-state index contributed by atoms with van der Waals surface area (Å²) in [6.45, 7) is 11.2. The number of carbonyl (C=O) groups is 1. The standard InChI is InChI=1S/C18H26N4O2/c1-12-10-16-19-13(2)20-22(16)11-15(12)14-6-8-21(9-7-14)17(23)24-18(3,4)5/h10-11,14H,6-9H2,1-5H3. The minimum Gasteiger partial charge on any atom is -0.444 e. The second-order valence-electron chi connectivity index (χ2n) is 7.62. The van der Waals surface area contributed by atoms with E-state index in [-0.39, 0.29) is 6.09 Å². The first-order valence-electron chi connectivity index (χ1n) is 8.54. The third-order valence-corrected chi connectivity index (χ3v) is 4.41. The SMILES string of the molecule is Cc1nc2cc(C)c(C3CCN(C(=O)OC(C)(C)C)CC3)cn2n1. The Bertz CT molecular complexity index is 752. The molecule has 0 aromatic carbocycles. The quantitative estimate of drug-likeness (QED) is 0.803. The molecule has 24 heavy (non-hydrogen) atoms. The molecule has 130 valence electrons. The Hall–Kier alpha value is -2.11. The number of likely N-dealkylation sites (tertiary alicyclic amines) is 1. The van der Waals surface area contributed by atoms with Gasteiger partial charge in [-0.1, -0.05) is 0 Å². The summed E-state index contributed by atoms with van der Waals surface area (Å²) in [6.07, 6.45) is 3.77. The van der Waals surface area contributed by atoms with E-state index in [0.29, 0.717) is 5.92 Å². The van der Waals surface area contributed by atoms with Crippen molar-refractivity contribution in [1.29, 1.82) is 0 Å². The number of aromatic nitrogens is 3. The van der Waals surface area contributed by atoms with E-state index < -0.39 is 5.60 Å². The summed E-state index contributed by atoms with van der Waals surface area (Å²) in [4.78, 5) is 18.4. The average Bonchev–Trinajstić information content (AvgIpc) is 2.84. The van der Waals surface area contributed by atoms with Gasteiger partial charge in [0, 0.05) is 19.3 Å². The largest absolute Gasteiger partial charge is 0.444 e. The highest BCUT2D eigenvalue weighted by molar-refractivity contribution is 5.68. The third-order valence-electron chi connectivity index (χ3n) is 4.41. The van der Waals surface area contributed by atoms with Crippen LogP contribution in [0.4, 0.5) is 4.79 Å². The number of aryl methyl sites for hydroxylation is 2. The van der Waals surface area contributed by atoms with Crippen LogP contribution in [0, 0.1) is 13.8 Å². The number of amides is 1. The van der Waals surface area contributed by atoms with Crippen LogP contribution in [-0.2, 0) is 4.74 Å². The van der Waals surface area contributed by atoms with Crippen molar-refractivity contribution in [2.75, 3.05) is 13.1 Å². The van der Waals surface area contributed by atoms with Crippen LogP contribution in [-0.4, -0.2) is 44.3 Å². The smallest absolute Gasteiger partial charge is 0.410 e. The highest BCUT2D eigenvalue weighted by atomic mass is 16.6. The Morgan fingerprint density at radius 2 is 1.92 bits per heavy atom. The van der Waals surface area contributed by atoms with Crippen molar-refractivity contribution in [3.63, 3.8) is 0 Å². The fourth-order valence-corrected chi connectivity index (χ4v) is 3.28. The molecule has 0 saturated carbocycles. The zero-order valence-corrected chi connectivity index (χ0v) is 15.2. The van der Waals surface area contributed by atoms with Crippen molar-refractivity contribution in [2.45, 2.75) is 59.0 Å². The van der Waals surface area contributed by atoms with Crippen LogP contribution in [0.5, 0.6) is 0 Å². The molecule has 2 aromatic rings. The third kappa shape index (κ3) is 3.52. The monoisotopic (exact) mass is 330 g/mol. The fraction of sp³-hybridized carbons (Fsp3) is 0.611. The van der Waals surface area contributed by atoms with Gasteiger partial charge in [-0.15, -0.1) is 0 Å². The normalized spacial score (nSPS) is 16.6. The van der Waals surface area contributed by atoms with Crippen LogP contribution in [0.1, 0.15) is 56.5 Å². The van der Waals surface area contributed by atoms with Crippen molar-refractivity contribution in [3.05, 3.63) is 29.2 Å². The van der Waals surface area contributed by atoms with E-state index in [1.165, 1.54) is 11.1 Å². The number of hydrogen-bond acceptors (Lipinski definition) is 4. The molecule has 1 saturated heterocycles. The molecule has 0 N–H and O–H groups in total. The maximum Gasteiger partial charge on any atom is 0.410 e. The number of ether oxygens (including phenoxy) is 1. The number of pyridine rings is 1. The minimum atomic E-state index is -0.444. The topological polar surface area (TPSA) is 59.7 Å². The second-order valence-corrected chi connectivity index (χ2v) is 7.62. The van der Waals surface area contributed by atoms with E-state index in [9.17, 15) is 4.79 Å². The predicted molar refractivity (Wildman–Crippen MR) is 92.2 cm³/mol. The van der Waals surface area contributed by atoms with Crippen LogP contribution in [0.15, 0.2) is 12.3 Å². The maximum atomic E-state index is 12.2. The van der Waals surface area contributed by atoms with Crippen molar-refractivity contribution in [3.8, 4) is 0 Å². The maximum absolute atomic E-state index is 12.2. The summed E-state index contributed by atoms with van der Waals surface area (Å²) in [6, 6.07) is 2.09. The van der Waals surface area contributed by atoms with Gasteiger partial charge in [0.2, 0.25) is 0 Å². The molecule has 3 heterocycles. The lowest BCUT2D eigenvalue weighted by Crippen LogP contribution is -2.41. The molecule has 1 fully saturated rings. The minimum absolute atomic E-state index is 0.208. The first-order chi connectivity index (χ1) is 11.2. The molecular weight excluding hydrogens is 304 g/mol. The number of hydrogen-bond donors (Lipinski definition) is 0. The Morgan fingerprint density at radius 1 is 1.25 bits per heavy atom. The van der Waals surface area contributed by atoms with Gasteiger partial charge in [0.1, 0.15) is 11.4 Å². The van der Waals surface area contributed by atoms with Crippen molar-refractivity contribution < 1.29 is 9.53 Å². The highest BCUT2D eigenvalue weighted by Crippen LogP contribution is 2.31. The molecule has 1 amide bonds. The molecule has 1 aliphatic heterocycles. The van der Waals surface area contributed by atoms with E-state index in [0.717, 1.165) is 37.4 Å². The molecule has 0 atom stereocenters. The van der Waals surface area contributed by atoms with Gasteiger partial charge in [-0.05, 0) is 70.6 Å². The van der Waals surface area contributed by atoms with E-state index >= 15 is 0 Å². The van der Waals surface area contributed by atoms with Crippen LogP contribution >= 0.6 is 0 Å². The van der Waals surface area contributed by atoms with Gasteiger partial charge in [0.25, 0.3) is 0 Å². The van der Waals surface area contributed by atoms with Gasteiger partial charge in [0.05, 0.1) is 0 Å². The summed E-state index contributed by atoms with van der Waals surface area (Å²) < 4.78 is 7.33. The molecule has 0 spiro atoms. The molecule has 0 unspecified atom stereocenters. The van der Waals surface area contributed by atoms with Crippen molar-refractivity contribution in [2.24, 2.45) is 0 Å². The van der Waals surface area contributed by atoms with Crippen molar-refractivity contribution in [1.82, 2.24) is 19.5 Å². The number of fused-ring (bicyclic) bond motifs is 1. The number of piperidine rings is 1. The first-order valence-corrected chi connectivity index (χ1v) is 8.54. The van der Waals surface area contributed by atoms with E-state index in [4.69, 9.17) is 4.74 Å². The Labute approximate surface area is 142 Å². The summed E-state index contributed by atoms with van der Waals surface area (Å²) in [5.74, 6) is 1.23. The zero-order valence-electron chi connectivity index (χ0n) is 15.2. The molecule has 0 aliphatic carbocycles. The highest BCUT2D eigenvalue weighted by Gasteiger charge is 2.28. The predicted octanol–water partition coefficient (Wildman–Crippen LogP) is 3.46. The molecular formula is C18H26N4O2. The zero-order chi connectivity index (χ0) is 17.5. The van der Waals surface area contributed by atoms with E-state index in [1.54, 1.807) is 0 Å². The van der Waals surface area contributed by atoms with E-state index in [1.807, 2.05) is 37.1 Å². The Kier molecular flexibility index (Phi) is 4.24. The number of rotatable bonds is 1. The molecule has 1 aliphatic rings. The summed E-state index contributed by atoms with van der Waals surface area (Å²) >= 11 is 0. The molecule has 0 bridgehead atoms. The molecule has 2 aromatic heterocycles. The number of nitrogens with zero attached hydrogens (tertiary/aromatic N) is 4. The fourth-order valence-electron chi connectivity index (χ4n) is 3.28. The first kappa shape index (κ1) is 16.7. The molecule has 6 heteroatoms. The van der Waals surface area contributed by atoms with Crippen LogP contribution in [0.2, 0.25) is 0 Å². The van der Waals surface area contributed by atoms with Crippen molar-refractivity contribution >= 4 is 11.7 Å². The van der Waals surface area contributed by atoms with Crippen LogP contribution < -0.4 is 0 Å². The van der Waals surface area contributed by atoms with Gasteiger partial charge in [-0.25, -0.2) is 14.3 Å². The Morgan fingerprint density at radius 3 is 2.54 bits per heavy atom. The number of carbonyl (C=O) groups excluding carboxylic acids is 1. The lowest BCUT2D eigenvalue weighted by molar-refractivity contribution is 0.0204. The molecule has 6 nitrogen and oxygen atoms in total. The lowest BCUT2D eigenvalue weighted by atomic mass is 9.88.